The Morgan fingerprint density at radius 1 is 1.12 bits per heavy atom. The highest BCUT2D eigenvalue weighted by molar-refractivity contribution is 8.25. The predicted octanol–water partition coefficient (Wildman–Crippen LogP) is 3.47. The maximum absolute atomic E-state index is 13.4. The zero-order valence-corrected chi connectivity index (χ0v) is 20.5. The van der Waals surface area contributed by atoms with Gasteiger partial charge in [-0.05, 0) is 73.5 Å². The number of thioether (sulfide) groups is 1. The Kier molecular flexibility index (Phi) is 7.69. The number of imide groups is 1. The zero-order valence-electron chi connectivity index (χ0n) is 18.8. The van der Waals surface area contributed by atoms with Gasteiger partial charge in [0, 0.05) is 12.0 Å². The van der Waals surface area contributed by atoms with Crippen molar-refractivity contribution >= 4 is 38.7 Å². The summed E-state index contributed by atoms with van der Waals surface area (Å²) < 4.78 is 34.6. The summed E-state index contributed by atoms with van der Waals surface area (Å²) in [6.07, 6.45) is 0.440. The second-order valence-corrected chi connectivity index (χ2v) is 11.2. The summed E-state index contributed by atoms with van der Waals surface area (Å²) in [6, 6.07) is 10.7. The molecule has 0 radical (unpaired) electrons. The minimum atomic E-state index is -4.20. The second-order valence-electron chi connectivity index (χ2n) is 7.45. The molecule has 1 atom stereocenters. The van der Waals surface area contributed by atoms with Crippen LogP contribution in [0.2, 0.25) is 0 Å². The van der Waals surface area contributed by atoms with Gasteiger partial charge in [-0.3, -0.25) is 14.9 Å². The van der Waals surface area contributed by atoms with Gasteiger partial charge in [-0.1, -0.05) is 17.9 Å². The van der Waals surface area contributed by atoms with Crippen molar-refractivity contribution in [3.63, 3.8) is 0 Å². The predicted molar refractivity (Wildman–Crippen MR) is 127 cm³/mol. The smallest absolute Gasteiger partial charge is 0.337 e. The summed E-state index contributed by atoms with van der Waals surface area (Å²) in [4.78, 5) is 36.3. The van der Waals surface area contributed by atoms with E-state index in [0.717, 1.165) is 5.56 Å². The number of hydrogen-bond donors (Lipinski definition) is 1. The van der Waals surface area contributed by atoms with Crippen molar-refractivity contribution in [2.75, 3.05) is 14.2 Å². The van der Waals surface area contributed by atoms with E-state index in [9.17, 15) is 22.8 Å². The number of carbonyl (C=O) groups excluding carboxylic acids is 3. The van der Waals surface area contributed by atoms with Crippen molar-refractivity contribution in [2.45, 2.75) is 35.2 Å². The standard InChI is InChI=1S/C24H23NO7S2/c1-16-8-9-18(21(26)32-3)15-17(16)7-5-4-6-14-24(22(27)25-23(28)33-24)34(29,30)20-12-10-19(31-2)11-13-20/h8-13,15H,4,6,14H2,1-3H3,(H,25,27,28). The molecule has 1 fully saturated rings. The number of ether oxygens (including phenoxy) is 2. The number of amides is 2. The van der Waals surface area contributed by atoms with Crippen LogP contribution >= 0.6 is 11.8 Å². The Bertz CT molecular complexity index is 1290. The van der Waals surface area contributed by atoms with Crippen molar-refractivity contribution in [3.8, 4) is 17.6 Å². The number of rotatable bonds is 7. The van der Waals surface area contributed by atoms with Crippen LogP contribution in [0.15, 0.2) is 47.4 Å². The van der Waals surface area contributed by atoms with Gasteiger partial charge < -0.3 is 9.47 Å². The Morgan fingerprint density at radius 3 is 2.41 bits per heavy atom. The average molecular weight is 502 g/mol. The average Bonchev–Trinajstić information content (AvgIpc) is 3.13. The van der Waals surface area contributed by atoms with Crippen LogP contribution in [0.25, 0.3) is 0 Å². The van der Waals surface area contributed by atoms with Gasteiger partial charge in [-0.25, -0.2) is 13.2 Å². The van der Waals surface area contributed by atoms with E-state index in [1.165, 1.54) is 38.5 Å². The third-order valence-corrected chi connectivity index (χ3v) is 9.38. The minimum absolute atomic E-state index is 0.0769. The fourth-order valence-electron chi connectivity index (χ4n) is 3.40. The third-order valence-electron chi connectivity index (χ3n) is 5.31. The Balaban J connectivity index is 1.80. The van der Waals surface area contributed by atoms with Gasteiger partial charge in [-0.15, -0.1) is 0 Å². The van der Waals surface area contributed by atoms with Crippen LogP contribution in [-0.4, -0.2) is 43.8 Å². The molecule has 0 spiro atoms. The Hall–Kier alpha value is -3.29. The first-order chi connectivity index (χ1) is 16.1. The minimum Gasteiger partial charge on any atom is -0.497 e. The maximum atomic E-state index is 13.4. The van der Waals surface area contributed by atoms with Crippen LogP contribution < -0.4 is 10.1 Å². The molecule has 34 heavy (non-hydrogen) atoms. The SMILES string of the molecule is COC(=O)c1ccc(C)c(C#CCCCC2(S(=O)(=O)c3ccc(OC)cc3)SC(=O)NC2=O)c1. The molecule has 1 aliphatic rings. The Morgan fingerprint density at radius 2 is 1.82 bits per heavy atom. The van der Waals surface area contributed by atoms with E-state index >= 15 is 0 Å². The lowest BCUT2D eigenvalue weighted by Gasteiger charge is -2.24. The van der Waals surface area contributed by atoms with E-state index in [1.54, 1.807) is 18.2 Å². The van der Waals surface area contributed by atoms with E-state index in [4.69, 9.17) is 9.47 Å². The fraction of sp³-hybridized carbons (Fsp3) is 0.292. The maximum Gasteiger partial charge on any atom is 0.337 e. The molecule has 0 saturated carbocycles. The molecule has 3 rings (SSSR count). The molecule has 1 unspecified atom stereocenters. The molecule has 1 N–H and O–H groups in total. The molecule has 1 aliphatic heterocycles. The van der Waals surface area contributed by atoms with Gasteiger partial charge in [0.2, 0.25) is 13.9 Å². The van der Waals surface area contributed by atoms with Crippen molar-refractivity contribution < 1.29 is 32.3 Å². The summed E-state index contributed by atoms with van der Waals surface area (Å²) in [5.74, 6) is 5.08. The molecule has 178 valence electrons. The first kappa shape index (κ1) is 25.3. The number of unbranched alkanes of at least 4 members (excludes halogenated alkanes) is 1. The van der Waals surface area contributed by atoms with Crippen LogP contribution in [0.3, 0.4) is 0 Å². The molecule has 1 heterocycles. The molecule has 2 aromatic carbocycles. The Labute approximate surface area is 202 Å². The lowest BCUT2D eigenvalue weighted by molar-refractivity contribution is -0.120. The topological polar surface area (TPSA) is 116 Å². The number of carbonyl (C=O) groups is 3. The van der Waals surface area contributed by atoms with Gasteiger partial charge >= 0.3 is 5.97 Å². The summed E-state index contributed by atoms with van der Waals surface area (Å²) in [6.45, 7) is 1.85. The van der Waals surface area contributed by atoms with Gasteiger partial charge in [0.1, 0.15) is 5.75 Å². The molecule has 2 aromatic rings. The van der Waals surface area contributed by atoms with E-state index in [0.29, 0.717) is 28.6 Å². The van der Waals surface area contributed by atoms with Crippen molar-refractivity contribution in [2.24, 2.45) is 0 Å². The highest BCUT2D eigenvalue weighted by Gasteiger charge is 2.57. The van der Waals surface area contributed by atoms with Crippen LogP contribution in [0.5, 0.6) is 5.75 Å². The van der Waals surface area contributed by atoms with Crippen molar-refractivity contribution in [1.82, 2.24) is 5.32 Å². The van der Waals surface area contributed by atoms with Crippen LogP contribution in [0.1, 0.15) is 40.7 Å². The number of benzene rings is 2. The normalized spacial score (nSPS) is 17.5. The van der Waals surface area contributed by atoms with Crippen LogP contribution in [0.4, 0.5) is 4.79 Å². The lowest BCUT2D eigenvalue weighted by atomic mass is 10.0. The van der Waals surface area contributed by atoms with Crippen molar-refractivity contribution in [3.05, 3.63) is 59.2 Å². The second kappa shape index (κ2) is 10.3. The quantitative estimate of drug-likeness (QED) is 0.348. The molecule has 10 heteroatoms. The largest absolute Gasteiger partial charge is 0.497 e. The summed E-state index contributed by atoms with van der Waals surface area (Å²) >= 11 is 0.479. The molecule has 8 nitrogen and oxygen atoms in total. The summed E-state index contributed by atoms with van der Waals surface area (Å²) in [5.41, 5.74) is 1.89. The molecule has 0 aliphatic carbocycles. The monoisotopic (exact) mass is 501 g/mol. The number of hydrogen-bond acceptors (Lipinski definition) is 8. The number of aryl methyl sites for hydroxylation is 1. The summed E-state index contributed by atoms with van der Waals surface area (Å²) in [5, 5.41) is 1.40. The van der Waals surface area contributed by atoms with E-state index in [2.05, 4.69) is 17.2 Å². The molecule has 0 aromatic heterocycles. The molecular weight excluding hydrogens is 478 g/mol. The van der Waals surface area contributed by atoms with Gasteiger partial charge in [0.25, 0.3) is 11.1 Å². The highest BCUT2D eigenvalue weighted by Crippen LogP contribution is 2.44. The number of sulfone groups is 1. The fourth-order valence-corrected chi connectivity index (χ4v) is 6.77. The third kappa shape index (κ3) is 4.95. The van der Waals surface area contributed by atoms with E-state index in [-0.39, 0.29) is 24.2 Å². The lowest BCUT2D eigenvalue weighted by Crippen LogP contribution is -2.43. The van der Waals surface area contributed by atoms with Gasteiger partial charge in [-0.2, -0.15) is 0 Å². The highest BCUT2D eigenvalue weighted by atomic mass is 32.3. The number of esters is 1. The van der Waals surface area contributed by atoms with Gasteiger partial charge in [0.05, 0.1) is 24.7 Å². The van der Waals surface area contributed by atoms with Crippen molar-refractivity contribution in [1.29, 1.82) is 0 Å². The first-order valence-electron chi connectivity index (χ1n) is 10.3. The zero-order chi connectivity index (χ0) is 24.9. The van der Waals surface area contributed by atoms with E-state index < -0.39 is 31.0 Å². The summed E-state index contributed by atoms with van der Waals surface area (Å²) in [7, 11) is -1.44. The molecule has 0 bridgehead atoms. The van der Waals surface area contributed by atoms with Crippen LogP contribution in [0, 0.1) is 18.8 Å². The van der Waals surface area contributed by atoms with Gasteiger partial charge in [0.15, 0.2) is 0 Å². The van der Waals surface area contributed by atoms with Crippen LogP contribution in [-0.2, 0) is 19.4 Å². The molecular formula is C24H23NO7S2. The molecule has 2 amide bonds. The number of nitrogens with one attached hydrogen (secondary N) is 1. The first-order valence-corrected chi connectivity index (χ1v) is 12.6. The van der Waals surface area contributed by atoms with E-state index in [1.807, 2.05) is 6.92 Å². The number of methoxy groups -OCH3 is 2. The molecule has 1 saturated heterocycles.